The van der Waals surface area contributed by atoms with Crippen molar-refractivity contribution < 1.29 is 9.59 Å². The van der Waals surface area contributed by atoms with Crippen LogP contribution >= 0.6 is 11.8 Å². The van der Waals surface area contributed by atoms with Crippen molar-refractivity contribution in [2.45, 2.75) is 57.2 Å². The van der Waals surface area contributed by atoms with Crippen LogP contribution < -0.4 is 5.32 Å². The van der Waals surface area contributed by atoms with Crippen molar-refractivity contribution in [1.29, 1.82) is 0 Å². The maximum atomic E-state index is 13.4. The minimum Gasteiger partial charge on any atom is -0.354 e. The van der Waals surface area contributed by atoms with Crippen LogP contribution in [0.3, 0.4) is 0 Å². The van der Waals surface area contributed by atoms with E-state index < -0.39 is 0 Å². The van der Waals surface area contributed by atoms with Crippen molar-refractivity contribution in [2.75, 3.05) is 13.1 Å². The molecule has 4 rings (SSSR count). The molecular weight excluding hydrogens is 416 g/mol. The van der Waals surface area contributed by atoms with E-state index in [1.165, 1.54) is 17.5 Å². The van der Waals surface area contributed by atoms with Gasteiger partial charge in [-0.15, -0.1) is 11.8 Å². The Balaban J connectivity index is 1.44. The predicted molar refractivity (Wildman–Crippen MR) is 132 cm³/mol. The molecule has 0 spiro atoms. The van der Waals surface area contributed by atoms with E-state index in [9.17, 15) is 9.59 Å². The number of hydrogen-bond donors (Lipinski definition) is 1. The molecule has 1 heterocycles. The first-order chi connectivity index (χ1) is 15.5. The number of nitrogens with zero attached hydrogens (tertiary/aromatic N) is 1. The maximum absolute atomic E-state index is 13.4. The Hall–Kier alpha value is -2.53. The second-order valence-electron chi connectivity index (χ2n) is 8.89. The van der Waals surface area contributed by atoms with Gasteiger partial charge in [0.2, 0.25) is 5.91 Å². The topological polar surface area (TPSA) is 49.4 Å². The zero-order chi connectivity index (χ0) is 22.5. The molecule has 1 saturated carbocycles. The monoisotopic (exact) mass is 448 g/mol. The maximum Gasteiger partial charge on any atom is 0.261 e. The summed E-state index contributed by atoms with van der Waals surface area (Å²) in [5, 5.41) is 3.40. The van der Waals surface area contributed by atoms with Crippen LogP contribution in [-0.4, -0.2) is 41.1 Å². The molecular formula is C27H32N2O2S. The Kier molecular flexibility index (Phi) is 7.36. The fraction of sp³-hybridized carbons (Fsp3) is 0.407. The number of carbonyl (C=O) groups excluding carboxylic acids is 2. The lowest BCUT2D eigenvalue weighted by molar-refractivity contribution is -0.135. The first-order valence-corrected chi connectivity index (χ1v) is 12.5. The van der Waals surface area contributed by atoms with Crippen LogP contribution in [0.5, 0.6) is 0 Å². The summed E-state index contributed by atoms with van der Waals surface area (Å²) < 4.78 is 0. The van der Waals surface area contributed by atoms with Crippen molar-refractivity contribution in [1.82, 2.24) is 10.2 Å². The normalized spacial score (nSPS) is 22.0. The molecule has 0 aromatic heterocycles. The molecule has 2 atom stereocenters. The Morgan fingerprint density at radius 3 is 2.62 bits per heavy atom. The summed E-state index contributed by atoms with van der Waals surface area (Å²) in [5.41, 5.74) is 4.66. The lowest BCUT2D eigenvalue weighted by atomic mass is 9.93. The largest absolute Gasteiger partial charge is 0.354 e. The number of rotatable bonds is 6. The van der Waals surface area contributed by atoms with Crippen LogP contribution in [0.4, 0.5) is 0 Å². The van der Waals surface area contributed by atoms with Crippen molar-refractivity contribution in [3.63, 3.8) is 0 Å². The van der Waals surface area contributed by atoms with Crippen LogP contribution in [0.1, 0.15) is 47.9 Å². The highest BCUT2D eigenvalue weighted by molar-refractivity contribution is 8.04. The summed E-state index contributed by atoms with van der Waals surface area (Å²) in [6.07, 6.45) is 7.20. The van der Waals surface area contributed by atoms with Gasteiger partial charge in [-0.1, -0.05) is 66.9 Å². The molecule has 1 aliphatic heterocycles. The van der Waals surface area contributed by atoms with Gasteiger partial charge >= 0.3 is 0 Å². The van der Waals surface area contributed by atoms with Crippen molar-refractivity contribution in [3.05, 3.63) is 75.7 Å². The highest BCUT2D eigenvalue weighted by Gasteiger charge is 2.41. The minimum absolute atomic E-state index is 0.00455. The smallest absolute Gasteiger partial charge is 0.261 e. The summed E-state index contributed by atoms with van der Waals surface area (Å²) in [4.78, 5) is 28.8. The Morgan fingerprint density at radius 1 is 1.09 bits per heavy atom. The van der Waals surface area contributed by atoms with Crippen molar-refractivity contribution >= 4 is 29.7 Å². The summed E-state index contributed by atoms with van der Waals surface area (Å²) in [6, 6.07) is 16.7. The summed E-state index contributed by atoms with van der Waals surface area (Å²) in [6.45, 7) is 4.85. The van der Waals surface area contributed by atoms with E-state index >= 15 is 0 Å². The van der Waals surface area contributed by atoms with Crippen LogP contribution in [0, 0.1) is 13.8 Å². The average Bonchev–Trinajstić information content (AvgIpc) is 2.79. The third-order valence-corrected chi connectivity index (χ3v) is 7.86. The molecule has 1 aliphatic carbocycles. The van der Waals surface area contributed by atoms with Gasteiger partial charge in [0.25, 0.3) is 5.91 Å². The highest BCUT2D eigenvalue weighted by atomic mass is 32.2. The van der Waals surface area contributed by atoms with Crippen LogP contribution in [0.2, 0.25) is 0 Å². The van der Waals surface area contributed by atoms with Crippen molar-refractivity contribution in [3.8, 4) is 0 Å². The standard InChI is InChI=1S/C27H32N2O2S/c1-19-11-13-21(14-12-19)15-16-28-26(30)18-29-23-9-5-6-10-24(23)32-25(27(29)31)17-22-8-4-3-7-20(22)2/h3-4,7-8,11-14,17,23-24H,5-6,9-10,15-16,18H2,1-2H3,(H,28,30)/b25-17-. The van der Waals surface area contributed by atoms with Gasteiger partial charge < -0.3 is 10.2 Å². The SMILES string of the molecule is Cc1ccc(CCNC(=O)CN2C(=O)/C(=C/c3ccccc3C)SC3CCCCC32)cc1. The number of amides is 2. The van der Waals surface area contributed by atoms with E-state index in [-0.39, 0.29) is 24.4 Å². The fourth-order valence-corrected chi connectivity index (χ4v) is 6.03. The number of fused-ring (bicyclic) bond motifs is 1. The number of thioether (sulfide) groups is 1. The van der Waals surface area contributed by atoms with Gasteiger partial charge in [-0.2, -0.15) is 0 Å². The number of aryl methyl sites for hydroxylation is 2. The third-order valence-electron chi connectivity index (χ3n) is 6.46. The van der Waals surface area contributed by atoms with Gasteiger partial charge in [0.1, 0.15) is 6.54 Å². The third kappa shape index (κ3) is 5.44. The summed E-state index contributed by atoms with van der Waals surface area (Å²) >= 11 is 1.71. The second-order valence-corrected chi connectivity index (χ2v) is 10.2. The van der Waals surface area contributed by atoms with Gasteiger partial charge in [0.15, 0.2) is 0 Å². The molecule has 5 heteroatoms. The minimum atomic E-state index is -0.0723. The molecule has 2 amide bonds. The van der Waals surface area contributed by atoms with Crippen LogP contribution in [0.15, 0.2) is 53.4 Å². The Morgan fingerprint density at radius 2 is 1.84 bits per heavy atom. The Bertz CT molecular complexity index is 999. The molecule has 2 aromatic carbocycles. The van der Waals surface area contributed by atoms with Crippen LogP contribution in [0.25, 0.3) is 6.08 Å². The first-order valence-electron chi connectivity index (χ1n) is 11.6. The second kappa shape index (κ2) is 10.4. The van der Waals surface area contributed by atoms with Crippen LogP contribution in [-0.2, 0) is 16.0 Å². The fourth-order valence-electron chi connectivity index (χ4n) is 4.56. The molecule has 4 nitrogen and oxygen atoms in total. The molecule has 32 heavy (non-hydrogen) atoms. The zero-order valence-electron chi connectivity index (χ0n) is 19.0. The van der Waals surface area contributed by atoms with E-state index in [2.05, 4.69) is 49.5 Å². The molecule has 1 saturated heterocycles. The lowest BCUT2D eigenvalue weighted by Gasteiger charge is -2.43. The number of nitrogens with one attached hydrogen (secondary N) is 1. The lowest BCUT2D eigenvalue weighted by Crippen LogP contribution is -2.54. The first kappa shape index (κ1) is 22.7. The van der Waals surface area contributed by atoms with Gasteiger partial charge in [-0.25, -0.2) is 0 Å². The van der Waals surface area contributed by atoms with E-state index in [1.807, 2.05) is 29.2 Å². The van der Waals surface area contributed by atoms with Crippen molar-refractivity contribution in [2.24, 2.45) is 0 Å². The molecule has 168 valence electrons. The Labute approximate surface area is 195 Å². The van der Waals surface area contributed by atoms with Gasteiger partial charge in [0, 0.05) is 17.8 Å². The van der Waals surface area contributed by atoms with E-state index in [0.717, 1.165) is 41.7 Å². The number of carbonyl (C=O) groups is 2. The molecule has 2 unspecified atom stereocenters. The van der Waals surface area contributed by atoms with Gasteiger partial charge in [0.05, 0.1) is 4.91 Å². The summed E-state index contributed by atoms with van der Waals surface area (Å²) in [5.74, 6) is -0.0768. The van der Waals surface area contributed by atoms with E-state index in [0.29, 0.717) is 11.8 Å². The molecule has 2 fully saturated rings. The molecule has 2 aromatic rings. The van der Waals surface area contributed by atoms with E-state index in [4.69, 9.17) is 0 Å². The van der Waals surface area contributed by atoms with Gasteiger partial charge in [-0.3, -0.25) is 9.59 Å². The molecule has 2 aliphatic rings. The molecule has 1 N–H and O–H groups in total. The average molecular weight is 449 g/mol. The zero-order valence-corrected chi connectivity index (χ0v) is 19.8. The van der Waals surface area contributed by atoms with Gasteiger partial charge in [-0.05, 0) is 55.9 Å². The quantitative estimate of drug-likeness (QED) is 0.640. The predicted octanol–water partition coefficient (Wildman–Crippen LogP) is 4.89. The molecule has 0 radical (unpaired) electrons. The van der Waals surface area contributed by atoms with E-state index in [1.54, 1.807) is 11.8 Å². The summed E-state index contributed by atoms with van der Waals surface area (Å²) in [7, 11) is 0. The highest BCUT2D eigenvalue weighted by Crippen LogP contribution is 2.42. The molecule has 0 bridgehead atoms. The number of hydrogen-bond acceptors (Lipinski definition) is 3. The number of benzene rings is 2.